The van der Waals surface area contributed by atoms with E-state index in [1.807, 2.05) is 0 Å². The minimum absolute atomic E-state index is 0.0542. The number of para-hydroxylation sites is 1. The molecule has 0 amide bonds. The molecule has 1 fully saturated rings. The lowest BCUT2D eigenvalue weighted by molar-refractivity contribution is -0.137. The number of aryl methyl sites for hydroxylation is 1. The van der Waals surface area contributed by atoms with Gasteiger partial charge in [-0.1, -0.05) is 24.3 Å². The molecular formula is C20H15F5N2O. The Labute approximate surface area is 156 Å². The van der Waals surface area contributed by atoms with Crippen LogP contribution in [0.4, 0.5) is 22.0 Å². The molecule has 0 saturated heterocycles. The number of halogens is 5. The predicted octanol–water partition coefficient (Wildman–Crippen LogP) is 4.99. The second-order valence-corrected chi connectivity index (χ2v) is 6.94. The molecule has 4 rings (SSSR count). The van der Waals surface area contributed by atoms with Gasteiger partial charge in [0.25, 0.3) is 5.92 Å². The fourth-order valence-electron chi connectivity index (χ4n) is 3.38. The molecule has 0 N–H and O–H groups in total. The van der Waals surface area contributed by atoms with E-state index in [0.717, 1.165) is 16.7 Å². The molecule has 146 valence electrons. The first-order chi connectivity index (χ1) is 13.2. The molecular weight excluding hydrogens is 379 g/mol. The largest absolute Gasteiger partial charge is 0.416 e. The summed E-state index contributed by atoms with van der Waals surface area (Å²) < 4.78 is 67.0. The fourth-order valence-corrected chi connectivity index (χ4v) is 3.38. The average molecular weight is 394 g/mol. The molecule has 0 radical (unpaired) electrons. The van der Waals surface area contributed by atoms with Crippen molar-refractivity contribution in [3.8, 4) is 5.69 Å². The standard InChI is InChI=1S/C20H15F5N2O/c21-19(22)11-13(19)7-9-16-15-8-6-12(20(23,24)25)10-17(15)27(18(28)26-16)14-4-2-1-3-5-14/h1-6,8,10,13H,7,9,11H2. The first kappa shape index (κ1) is 18.6. The summed E-state index contributed by atoms with van der Waals surface area (Å²) in [6.07, 6.45) is -4.55. The summed E-state index contributed by atoms with van der Waals surface area (Å²) in [5, 5.41) is 0.348. The number of alkyl halides is 5. The van der Waals surface area contributed by atoms with E-state index < -0.39 is 29.3 Å². The van der Waals surface area contributed by atoms with E-state index in [0.29, 0.717) is 11.1 Å². The fraction of sp³-hybridized carbons (Fsp3) is 0.300. The quantitative estimate of drug-likeness (QED) is 0.584. The zero-order chi connectivity index (χ0) is 20.1. The molecule has 1 atom stereocenters. The maximum absolute atomic E-state index is 13.2. The van der Waals surface area contributed by atoms with Crippen molar-refractivity contribution in [3.63, 3.8) is 0 Å². The third-order valence-electron chi connectivity index (χ3n) is 5.00. The van der Waals surface area contributed by atoms with Crippen LogP contribution in [-0.4, -0.2) is 15.5 Å². The second-order valence-electron chi connectivity index (χ2n) is 6.94. The summed E-state index contributed by atoms with van der Waals surface area (Å²) in [7, 11) is 0. The van der Waals surface area contributed by atoms with Crippen LogP contribution in [0.1, 0.15) is 24.1 Å². The minimum atomic E-state index is -4.58. The lowest BCUT2D eigenvalue weighted by Crippen LogP contribution is -2.24. The number of aromatic nitrogens is 2. The van der Waals surface area contributed by atoms with Gasteiger partial charge in [0.15, 0.2) is 0 Å². The highest BCUT2D eigenvalue weighted by atomic mass is 19.4. The first-order valence-corrected chi connectivity index (χ1v) is 8.73. The molecule has 1 aromatic heterocycles. The smallest absolute Gasteiger partial charge is 0.260 e. The molecule has 3 nitrogen and oxygen atoms in total. The van der Waals surface area contributed by atoms with Gasteiger partial charge in [0.1, 0.15) is 0 Å². The van der Waals surface area contributed by atoms with E-state index in [4.69, 9.17) is 0 Å². The van der Waals surface area contributed by atoms with Crippen molar-refractivity contribution < 1.29 is 22.0 Å². The molecule has 3 aromatic rings. The molecule has 1 aliphatic carbocycles. The van der Waals surface area contributed by atoms with Gasteiger partial charge in [-0.05, 0) is 37.1 Å². The minimum Gasteiger partial charge on any atom is -0.260 e. The topological polar surface area (TPSA) is 34.9 Å². The zero-order valence-electron chi connectivity index (χ0n) is 14.5. The lowest BCUT2D eigenvalue weighted by atomic mass is 10.0. The van der Waals surface area contributed by atoms with Crippen molar-refractivity contribution in [1.29, 1.82) is 0 Å². The summed E-state index contributed by atoms with van der Waals surface area (Å²) in [6.45, 7) is 0. The predicted molar refractivity (Wildman–Crippen MR) is 93.7 cm³/mol. The molecule has 0 aliphatic heterocycles. The van der Waals surface area contributed by atoms with E-state index in [1.165, 1.54) is 6.07 Å². The SMILES string of the molecule is O=c1nc(CCC2CC2(F)F)c2ccc(C(F)(F)F)cc2n1-c1ccccc1. The van der Waals surface area contributed by atoms with E-state index >= 15 is 0 Å². The Morgan fingerprint density at radius 3 is 2.39 bits per heavy atom. The van der Waals surface area contributed by atoms with Gasteiger partial charge in [-0.15, -0.1) is 0 Å². The maximum atomic E-state index is 13.2. The Bertz CT molecular complexity index is 1090. The lowest BCUT2D eigenvalue weighted by Gasteiger charge is -2.15. The molecule has 0 bridgehead atoms. The van der Waals surface area contributed by atoms with E-state index in [-0.39, 0.29) is 30.5 Å². The molecule has 1 heterocycles. The summed E-state index contributed by atoms with van der Waals surface area (Å²) in [5.41, 5.74) is -0.961. The maximum Gasteiger partial charge on any atom is 0.416 e. The highest BCUT2D eigenvalue weighted by molar-refractivity contribution is 5.83. The normalized spacial score (nSPS) is 18.4. The zero-order valence-corrected chi connectivity index (χ0v) is 14.5. The van der Waals surface area contributed by atoms with Crippen molar-refractivity contribution in [1.82, 2.24) is 9.55 Å². The van der Waals surface area contributed by atoms with Gasteiger partial charge in [-0.2, -0.15) is 18.2 Å². The van der Waals surface area contributed by atoms with Gasteiger partial charge in [0.2, 0.25) is 0 Å². The molecule has 1 saturated carbocycles. The van der Waals surface area contributed by atoms with Gasteiger partial charge in [-0.25, -0.2) is 13.6 Å². The van der Waals surface area contributed by atoms with Crippen molar-refractivity contribution >= 4 is 10.9 Å². The summed E-state index contributed by atoms with van der Waals surface area (Å²) >= 11 is 0. The van der Waals surface area contributed by atoms with Crippen LogP contribution in [0.2, 0.25) is 0 Å². The van der Waals surface area contributed by atoms with Crippen LogP contribution in [0, 0.1) is 5.92 Å². The number of nitrogens with zero attached hydrogens (tertiary/aromatic N) is 2. The Hall–Kier alpha value is -2.77. The Morgan fingerprint density at radius 1 is 1.11 bits per heavy atom. The molecule has 0 spiro atoms. The molecule has 1 unspecified atom stereocenters. The molecule has 28 heavy (non-hydrogen) atoms. The first-order valence-electron chi connectivity index (χ1n) is 8.73. The molecule has 2 aromatic carbocycles. The average Bonchev–Trinajstić information content (AvgIpc) is 3.26. The second kappa shape index (κ2) is 6.39. The van der Waals surface area contributed by atoms with Crippen LogP contribution in [0.5, 0.6) is 0 Å². The van der Waals surface area contributed by atoms with Crippen molar-refractivity contribution in [3.05, 3.63) is 70.3 Å². The number of hydrogen-bond acceptors (Lipinski definition) is 2. The molecule has 1 aliphatic rings. The number of rotatable bonds is 4. The van der Waals surface area contributed by atoms with Gasteiger partial charge >= 0.3 is 11.9 Å². The molecule has 8 heteroatoms. The Kier molecular flexibility index (Phi) is 4.24. The van der Waals surface area contributed by atoms with Crippen molar-refractivity contribution in [2.24, 2.45) is 5.92 Å². The van der Waals surface area contributed by atoms with Gasteiger partial charge < -0.3 is 0 Å². The summed E-state index contributed by atoms with van der Waals surface area (Å²) in [6, 6.07) is 11.3. The van der Waals surface area contributed by atoms with Crippen molar-refractivity contribution in [2.75, 3.05) is 0 Å². The summed E-state index contributed by atoms with van der Waals surface area (Å²) in [5.74, 6) is -3.46. The van der Waals surface area contributed by atoms with Crippen molar-refractivity contribution in [2.45, 2.75) is 31.4 Å². The monoisotopic (exact) mass is 394 g/mol. The number of benzene rings is 2. The van der Waals surface area contributed by atoms with Crippen LogP contribution in [0.25, 0.3) is 16.6 Å². The van der Waals surface area contributed by atoms with Gasteiger partial charge in [0, 0.05) is 17.7 Å². The van der Waals surface area contributed by atoms with Gasteiger partial charge in [-0.3, -0.25) is 4.57 Å². The van der Waals surface area contributed by atoms with Crippen LogP contribution < -0.4 is 5.69 Å². The summed E-state index contributed by atoms with van der Waals surface area (Å²) in [4.78, 5) is 16.6. The highest BCUT2D eigenvalue weighted by Gasteiger charge is 2.55. The third kappa shape index (κ3) is 3.39. The number of hydrogen-bond donors (Lipinski definition) is 0. The highest BCUT2D eigenvalue weighted by Crippen LogP contribution is 2.51. The van der Waals surface area contributed by atoms with E-state index in [2.05, 4.69) is 4.98 Å². The Balaban J connectivity index is 1.87. The van der Waals surface area contributed by atoms with Gasteiger partial charge in [0.05, 0.1) is 22.5 Å². The Morgan fingerprint density at radius 2 is 1.79 bits per heavy atom. The van der Waals surface area contributed by atoms with Crippen LogP contribution in [0.15, 0.2) is 53.3 Å². The number of fused-ring (bicyclic) bond motifs is 1. The van der Waals surface area contributed by atoms with Crippen LogP contribution in [-0.2, 0) is 12.6 Å². The van der Waals surface area contributed by atoms with E-state index in [9.17, 15) is 26.7 Å². The third-order valence-corrected chi connectivity index (χ3v) is 5.00. The van der Waals surface area contributed by atoms with Crippen LogP contribution >= 0.6 is 0 Å². The van der Waals surface area contributed by atoms with E-state index in [1.54, 1.807) is 30.3 Å². The van der Waals surface area contributed by atoms with Crippen LogP contribution in [0.3, 0.4) is 0 Å².